The SMILES string of the molecule is CCC(C)n1ncc(NC(=O)NCC(F)F)c1C. The number of carbonyl (C=O) groups excluding carboxylic acids is 1. The molecule has 0 aromatic carbocycles. The highest BCUT2D eigenvalue weighted by Gasteiger charge is 2.13. The first-order chi connectivity index (χ1) is 8.45. The van der Waals surface area contributed by atoms with E-state index in [-0.39, 0.29) is 6.04 Å². The molecule has 1 aromatic heterocycles. The van der Waals surface area contributed by atoms with Gasteiger partial charge in [0, 0.05) is 6.04 Å². The number of hydrogen-bond donors (Lipinski definition) is 2. The van der Waals surface area contributed by atoms with Gasteiger partial charge in [0.05, 0.1) is 24.1 Å². The lowest BCUT2D eigenvalue weighted by molar-refractivity contribution is 0.148. The van der Waals surface area contributed by atoms with Crippen molar-refractivity contribution >= 4 is 11.7 Å². The highest BCUT2D eigenvalue weighted by molar-refractivity contribution is 5.89. The summed E-state index contributed by atoms with van der Waals surface area (Å²) in [6.45, 7) is 5.21. The first-order valence-corrected chi connectivity index (χ1v) is 5.82. The van der Waals surface area contributed by atoms with Crippen LogP contribution in [0.25, 0.3) is 0 Å². The van der Waals surface area contributed by atoms with Gasteiger partial charge in [-0.3, -0.25) is 4.68 Å². The fourth-order valence-electron chi connectivity index (χ4n) is 1.50. The first-order valence-electron chi connectivity index (χ1n) is 5.82. The van der Waals surface area contributed by atoms with Crippen LogP contribution in [0.2, 0.25) is 0 Å². The predicted molar refractivity (Wildman–Crippen MR) is 65.0 cm³/mol. The number of aromatic nitrogens is 2. The Hall–Kier alpha value is -1.66. The zero-order chi connectivity index (χ0) is 13.7. The van der Waals surface area contributed by atoms with Crippen LogP contribution in [0, 0.1) is 6.92 Å². The quantitative estimate of drug-likeness (QED) is 0.854. The molecular weight excluding hydrogens is 242 g/mol. The number of anilines is 1. The number of hydrogen-bond acceptors (Lipinski definition) is 2. The average molecular weight is 260 g/mol. The molecule has 0 bridgehead atoms. The number of urea groups is 1. The molecule has 0 saturated carbocycles. The van der Waals surface area contributed by atoms with Gasteiger partial charge >= 0.3 is 6.03 Å². The van der Waals surface area contributed by atoms with Gasteiger partial charge in [0.25, 0.3) is 6.43 Å². The Labute approximate surface area is 105 Å². The summed E-state index contributed by atoms with van der Waals surface area (Å²) in [6.07, 6.45) is -0.122. The Kier molecular flexibility index (Phi) is 5.06. The van der Waals surface area contributed by atoms with E-state index in [9.17, 15) is 13.6 Å². The summed E-state index contributed by atoms with van der Waals surface area (Å²) in [6, 6.07) is -0.424. The molecule has 1 rings (SSSR count). The maximum absolute atomic E-state index is 11.9. The molecular formula is C11H18F2N4O. The zero-order valence-corrected chi connectivity index (χ0v) is 10.7. The van der Waals surface area contributed by atoms with Gasteiger partial charge in [-0.1, -0.05) is 6.92 Å². The molecule has 0 aliphatic heterocycles. The number of halogens is 2. The summed E-state index contributed by atoms with van der Waals surface area (Å²) in [4.78, 5) is 11.3. The molecule has 0 radical (unpaired) electrons. The van der Waals surface area contributed by atoms with Crippen LogP contribution in [0.1, 0.15) is 32.0 Å². The van der Waals surface area contributed by atoms with Crippen LogP contribution < -0.4 is 10.6 Å². The normalized spacial score (nSPS) is 12.6. The van der Waals surface area contributed by atoms with Crippen LogP contribution >= 0.6 is 0 Å². The molecule has 2 N–H and O–H groups in total. The molecule has 5 nitrogen and oxygen atoms in total. The van der Waals surface area contributed by atoms with E-state index in [0.717, 1.165) is 12.1 Å². The number of nitrogens with one attached hydrogen (secondary N) is 2. The molecule has 102 valence electrons. The van der Waals surface area contributed by atoms with Crippen molar-refractivity contribution < 1.29 is 13.6 Å². The van der Waals surface area contributed by atoms with Gasteiger partial charge in [0.1, 0.15) is 0 Å². The topological polar surface area (TPSA) is 59.0 Å². The third kappa shape index (κ3) is 3.68. The second-order valence-corrected chi connectivity index (χ2v) is 4.07. The number of rotatable bonds is 5. The summed E-state index contributed by atoms with van der Waals surface area (Å²) in [5.41, 5.74) is 1.33. The van der Waals surface area contributed by atoms with Crippen molar-refractivity contribution in [2.45, 2.75) is 39.7 Å². The Balaban J connectivity index is 2.63. The van der Waals surface area contributed by atoms with Crippen molar-refractivity contribution in [3.8, 4) is 0 Å². The van der Waals surface area contributed by atoms with Crippen LogP contribution in [-0.4, -0.2) is 28.8 Å². The minimum atomic E-state index is -2.56. The summed E-state index contributed by atoms with van der Waals surface area (Å²) in [5.74, 6) is 0. The van der Waals surface area contributed by atoms with E-state index in [1.807, 2.05) is 20.8 Å². The van der Waals surface area contributed by atoms with Crippen molar-refractivity contribution in [1.29, 1.82) is 0 Å². The third-order valence-corrected chi connectivity index (χ3v) is 2.72. The van der Waals surface area contributed by atoms with E-state index in [2.05, 4.69) is 15.7 Å². The van der Waals surface area contributed by atoms with E-state index in [4.69, 9.17) is 0 Å². The van der Waals surface area contributed by atoms with Gasteiger partial charge in [0.2, 0.25) is 0 Å². The Bertz CT molecular complexity index is 406. The van der Waals surface area contributed by atoms with Gasteiger partial charge in [0.15, 0.2) is 0 Å². The fourth-order valence-corrected chi connectivity index (χ4v) is 1.50. The second-order valence-electron chi connectivity index (χ2n) is 4.07. The number of carbonyl (C=O) groups is 1. The Morgan fingerprint density at radius 2 is 2.22 bits per heavy atom. The van der Waals surface area contributed by atoms with Gasteiger partial charge in [-0.05, 0) is 20.3 Å². The predicted octanol–water partition coefficient (Wildman–Crippen LogP) is 2.55. The summed E-state index contributed by atoms with van der Waals surface area (Å²) in [7, 11) is 0. The van der Waals surface area contributed by atoms with Gasteiger partial charge in [-0.25, -0.2) is 13.6 Å². The largest absolute Gasteiger partial charge is 0.332 e. The molecule has 1 heterocycles. The van der Waals surface area contributed by atoms with E-state index in [0.29, 0.717) is 5.69 Å². The Morgan fingerprint density at radius 1 is 1.56 bits per heavy atom. The molecule has 18 heavy (non-hydrogen) atoms. The van der Waals surface area contributed by atoms with E-state index in [1.54, 1.807) is 4.68 Å². The number of amides is 2. The molecule has 2 amide bonds. The molecule has 0 spiro atoms. The van der Waals surface area contributed by atoms with E-state index < -0.39 is 19.0 Å². The molecule has 0 fully saturated rings. The standard InChI is InChI=1S/C11H18F2N4O/c1-4-7(2)17-8(3)9(5-15-17)16-11(18)14-6-10(12)13/h5,7,10H,4,6H2,1-3H3,(H2,14,16,18). The van der Waals surface area contributed by atoms with Crippen molar-refractivity contribution in [1.82, 2.24) is 15.1 Å². The van der Waals surface area contributed by atoms with Gasteiger partial charge < -0.3 is 10.6 Å². The van der Waals surface area contributed by atoms with Crippen LogP contribution in [0.3, 0.4) is 0 Å². The van der Waals surface area contributed by atoms with Gasteiger partial charge in [-0.2, -0.15) is 5.10 Å². The van der Waals surface area contributed by atoms with Crippen LogP contribution in [-0.2, 0) is 0 Å². The molecule has 7 heteroatoms. The number of nitrogens with zero attached hydrogens (tertiary/aromatic N) is 2. The first kappa shape index (κ1) is 14.4. The monoisotopic (exact) mass is 260 g/mol. The lowest BCUT2D eigenvalue weighted by Crippen LogP contribution is -2.32. The van der Waals surface area contributed by atoms with E-state index >= 15 is 0 Å². The van der Waals surface area contributed by atoms with E-state index in [1.165, 1.54) is 6.20 Å². The number of alkyl halides is 2. The molecule has 0 saturated heterocycles. The van der Waals surface area contributed by atoms with Crippen molar-refractivity contribution in [2.24, 2.45) is 0 Å². The zero-order valence-electron chi connectivity index (χ0n) is 10.7. The fraction of sp³-hybridized carbons (Fsp3) is 0.636. The molecule has 1 unspecified atom stereocenters. The van der Waals surface area contributed by atoms with Gasteiger partial charge in [-0.15, -0.1) is 0 Å². The second kappa shape index (κ2) is 6.32. The molecule has 1 aromatic rings. The third-order valence-electron chi connectivity index (χ3n) is 2.72. The lowest BCUT2D eigenvalue weighted by atomic mass is 10.2. The maximum Gasteiger partial charge on any atom is 0.319 e. The minimum absolute atomic E-state index is 0.227. The highest BCUT2D eigenvalue weighted by Crippen LogP contribution is 2.19. The minimum Gasteiger partial charge on any atom is -0.332 e. The van der Waals surface area contributed by atoms with Crippen LogP contribution in [0.15, 0.2) is 6.20 Å². The summed E-state index contributed by atoms with van der Waals surface area (Å²) < 4.78 is 25.6. The van der Waals surface area contributed by atoms with Crippen LogP contribution in [0.5, 0.6) is 0 Å². The summed E-state index contributed by atoms with van der Waals surface area (Å²) >= 11 is 0. The molecule has 0 aliphatic carbocycles. The van der Waals surface area contributed by atoms with Crippen molar-refractivity contribution in [3.63, 3.8) is 0 Å². The highest BCUT2D eigenvalue weighted by atomic mass is 19.3. The maximum atomic E-state index is 11.9. The van der Waals surface area contributed by atoms with Crippen molar-refractivity contribution in [2.75, 3.05) is 11.9 Å². The van der Waals surface area contributed by atoms with Crippen LogP contribution in [0.4, 0.5) is 19.3 Å². The average Bonchev–Trinajstić information content (AvgIpc) is 2.67. The molecule has 0 aliphatic rings. The smallest absolute Gasteiger partial charge is 0.319 e. The lowest BCUT2D eigenvalue weighted by Gasteiger charge is -2.12. The summed E-state index contributed by atoms with van der Waals surface area (Å²) in [5, 5.41) is 8.73. The molecule has 1 atom stereocenters. The Morgan fingerprint density at radius 3 is 2.78 bits per heavy atom. The van der Waals surface area contributed by atoms with Crippen molar-refractivity contribution in [3.05, 3.63) is 11.9 Å².